The van der Waals surface area contributed by atoms with E-state index < -0.39 is 0 Å². The van der Waals surface area contributed by atoms with Crippen LogP contribution in [0.1, 0.15) is 25.3 Å². The van der Waals surface area contributed by atoms with Gasteiger partial charge < -0.3 is 10.2 Å². The van der Waals surface area contributed by atoms with E-state index in [2.05, 4.69) is 22.1 Å². The number of piperidine rings is 1. The number of benzene rings is 2. The molecule has 1 N–H and O–H groups in total. The number of halogens is 1. The molecule has 0 bridgehead atoms. The first kappa shape index (κ1) is 17.9. The number of anilines is 2. The molecular formula is C21H22FN3OS. The molecule has 2 heterocycles. The van der Waals surface area contributed by atoms with E-state index in [1.165, 1.54) is 23.5 Å². The lowest BCUT2D eigenvalue weighted by atomic mass is 9.97. The molecule has 1 unspecified atom stereocenters. The van der Waals surface area contributed by atoms with Gasteiger partial charge in [-0.1, -0.05) is 36.5 Å². The Balaban J connectivity index is 1.49. The van der Waals surface area contributed by atoms with Gasteiger partial charge in [-0.15, -0.1) is 0 Å². The van der Waals surface area contributed by atoms with E-state index in [1.54, 1.807) is 6.07 Å². The van der Waals surface area contributed by atoms with Gasteiger partial charge in [-0.3, -0.25) is 4.79 Å². The van der Waals surface area contributed by atoms with Gasteiger partial charge in [0.1, 0.15) is 5.82 Å². The van der Waals surface area contributed by atoms with Gasteiger partial charge in [-0.2, -0.15) is 0 Å². The van der Waals surface area contributed by atoms with Gasteiger partial charge in [0.05, 0.1) is 16.1 Å². The van der Waals surface area contributed by atoms with Crippen LogP contribution in [-0.4, -0.2) is 24.0 Å². The van der Waals surface area contributed by atoms with Crippen LogP contribution < -0.4 is 10.2 Å². The smallest absolute Gasteiger partial charge is 0.229 e. The first-order valence-electron chi connectivity index (χ1n) is 9.34. The fourth-order valence-corrected chi connectivity index (χ4v) is 4.60. The summed E-state index contributed by atoms with van der Waals surface area (Å²) >= 11 is 1.48. The number of aromatic nitrogens is 1. The average molecular weight is 383 g/mol. The van der Waals surface area contributed by atoms with Gasteiger partial charge in [0.2, 0.25) is 5.91 Å². The Morgan fingerprint density at radius 2 is 2.19 bits per heavy atom. The third-order valence-corrected chi connectivity index (χ3v) is 6.14. The molecule has 0 radical (unpaired) electrons. The van der Waals surface area contributed by atoms with Crippen molar-refractivity contribution in [3.63, 3.8) is 0 Å². The largest absolute Gasteiger partial charge is 0.347 e. The minimum Gasteiger partial charge on any atom is -0.347 e. The standard InChI is InChI=1S/C21H22FN3OS/c1-2-14-6-3-4-8-17(14)23-20(26)15-7-5-11-25(13-15)21-24-18-10-9-16(22)12-19(18)27-21/h3-4,6,8-10,12,15H,2,5,7,11,13H2,1H3,(H,23,26). The molecule has 0 saturated carbocycles. The number of rotatable bonds is 4. The molecule has 6 heteroatoms. The fourth-order valence-electron chi connectivity index (χ4n) is 3.57. The van der Waals surface area contributed by atoms with Gasteiger partial charge >= 0.3 is 0 Å². The Morgan fingerprint density at radius 1 is 1.33 bits per heavy atom. The maximum absolute atomic E-state index is 13.4. The first-order chi connectivity index (χ1) is 13.1. The van der Waals surface area contributed by atoms with Crippen LogP contribution in [0.4, 0.5) is 15.2 Å². The normalized spacial score (nSPS) is 17.3. The van der Waals surface area contributed by atoms with Crippen LogP contribution in [0.15, 0.2) is 42.5 Å². The molecule has 0 spiro atoms. The van der Waals surface area contributed by atoms with E-state index >= 15 is 0 Å². The average Bonchev–Trinajstić information content (AvgIpc) is 3.11. The number of amides is 1. The minimum atomic E-state index is -0.247. The van der Waals surface area contributed by atoms with Crippen LogP contribution >= 0.6 is 11.3 Å². The summed E-state index contributed by atoms with van der Waals surface area (Å²) in [6.45, 7) is 3.60. The Bertz CT molecular complexity index is 971. The lowest BCUT2D eigenvalue weighted by Crippen LogP contribution is -2.40. The summed E-state index contributed by atoms with van der Waals surface area (Å²) in [7, 11) is 0. The van der Waals surface area contributed by atoms with E-state index in [4.69, 9.17) is 0 Å². The highest BCUT2D eigenvalue weighted by atomic mass is 32.1. The van der Waals surface area contributed by atoms with E-state index in [1.807, 2.05) is 24.3 Å². The number of aryl methyl sites for hydroxylation is 1. The predicted molar refractivity (Wildman–Crippen MR) is 109 cm³/mol. The zero-order chi connectivity index (χ0) is 18.8. The second kappa shape index (κ2) is 7.64. The maximum Gasteiger partial charge on any atom is 0.229 e. The summed E-state index contributed by atoms with van der Waals surface area (Å²) in [4.78, 5) is 19.6. The molecule has 1 amide bonds. The Labute approximate surface area is 162 Å². The zero-order valence-electron chi connectivity index (χ0n) is 15.2. The van der Waals surface area contributed by atoms with Crippen LogP contribution in [-0.2, 0) is 11.2 Å². The third-order valence-electron chi connectivity index (χ3n) is 5.06. The summed E-state index contributed by atoms with van der Waals surface area (Å²) in [5, 5.41) is 3.97. The highest BCUT2D eigenvalue weighted by molar-refractivity contribution is 7.22. The highest BCUT2D eigenvalue weighted by Gasteiger charge is 2.27. The zero-order valence-corrected chi connectivity index (χ0v) is 16.1. The van der Waals surface area contributed by atoms with Gasteiger partial charge in [0.25, 0.3) is 0 Å². The molecule has 3 aromatic rings. The number of para-hydroxylation sites is 1. The molecule has 2 aromatic carbocycles. The van der Waals surface area contributed by atoms with Crippen molar-refractivity contribution in [2.24, 2.45) is 5.92 Å². The number of carbonyl (C=O) groups is 1. The second-order valence-electron chi connectivity index (χ2n) is 6.89. The second-order valence-corrected chi connectivity index (χ2v) is 7.90. The maximum atomic E-state index is 13.4. The van der Waals surface area contributed by atoms with Crippen molar-refractivity contribution < 1.29 is 9.18 Å². The number of fused-ring (bicyclic) bond motifs is 1. The van der Waals surface area contributed by atoms with Crippen LogP contribution in [0.25, 0.3) is 10.2 Å². The van der Waals surface area contributed by atoms with E-state index in [-0.39, 0.29) is 17.6 Å². The van der Waals surface area contributed by atoms with E-state index in [9.17, 15) is 9.18 Å². The molecular weight excluding hydrogens is 361 g/mol. The molecule has 1 saturated heterocycles. The number of carbonyl (C=O) groups excluding carboxylic acids is 1. The van der Waals surface area contributed by atoms with Crippen LogP contribution in [0.3, 0.4) is 0 Å². The molecule has 1 aliphatic rings. The Morgan fingerprint density at radius 3 is 3.04 bits per heavy atom. The quantitative estimate of drug-likeness (QED) is 0.700. The molecule has 1 fully saturated rings. The van der Waals surface area contributed by atoms with Crippen molar-refractivity contribution in [1.29, 1.82) is 0 Å². The van der Waals surface area contributed by atoms with Gasteiger partial charge in [-0.05, 0) is 49.1 Å². The van der Waals surface area contributed by atoms with Crippen molar-refractivity contribution in [3.8, 4) is 0 Å². The van der Waals surface area contributed by atoms with Crippen molar-refractivity contribution in [2.45, 2.75) is 26.2 Å². The first-order valence-corrected chi connectivity index (χ1v) is 10.2. The third kappa shape index (κ3) is 3.81. The van der Waals surface area contributed by atoms with E-state index in [0.29, 0.717) is 6.54 Å². The van der Waals surface area contributed by atoms with Crippen molar-refractivity contribution in [1.82, 2.24) is 4.98 Å². The topological polar surface area (TPSA) is 45.2 Å². The predicted octanol–water partition coefficient (Wildman–Crippen LogP) is 4.85. The van der Waals surface area contributed by atoms with Gasteiger partial charge in [-0.25, -0.2) is 9.37 Å². The van der Waals surface area contributed by atoms with Crippen molar-refractivity contribution in [2.75, 3.05) is 23.3 Å². The molecule has 4 nitrogen and oxygen atoms in total. The van der Waals surface area contributed by atoms with Crippen LogP contribution in [0.5, 0.6) is 0 Å². The van der Waals surface area contributed by atoms with Crippen molar-refractivity contribution >= 4 is 38.3 Å². The van der Waals surface area contributed by atoms with Gasteiger partial charge in [0.15, 0.2) is 5.13 Å². The number of hydrogen-bond donors (Lipinski definition) is 1. The Hall–Kier alpha value is -2.47. The number of nitrogens with zero attached hydrogens (tertiary/aromatic N) is 2. The van der Waals surface area contributed by atoms with E-state index in [0.717, 1.165) is 52.4 Å². The molecule has 0 aliphatic carbocycles. The summed E-state index contributed by atoms with van der Waals surface area (Å²) in [6.07, 6.45) is 2.70. The Kier molecular flexibility index (Phi) is 5.07. The summed E-state index contributed by atoms with van der Waals surface area (Å²) in [5.41, 5.74) is 2.85. The molecule has 1 atom stereocenters. The summed E-state index contributed by atoms with van der Waals surface area (Å²) < 4.78 is 14.3. The number of hydrogen-bond acceptors (Lipinski definition) is 4. The molecule has 1 aliphatic heterocycles. The lowest BCUT2D eigenvalue weighted by molar-refractivity contribution is -0.120. The number of nitrogens with one attached hydrogen (secondary N) is 1. The van der Waals surface area contributed by atoms with Gasteiger partial charge in [0, 0.05) is 18.8 Å². The lowest BCUT2D eigenvalue weighted by Gasteiger charge is -2.31. The molecule has 140 valence electrons. The highest BCUT2D eigenvalue weighted by Crippen LogP contribution is 2.32. The number of thiazole rings is 1. The van der Waals surface area contributed by atoms with Crippen LogP contribution in [0.2, 0.25) is 0 Å². The SMILES string of the molecule is CCc1ccccc1NC(=O)C1CCCN(c2nc3ccc(F)cc3s2)C1. The fraction of sp³-hybridized carbons (Fsp3) is 0.333. The molecule has 4 rings (SSSR count). The minimum absolute atomic E-state index is 0.0627. The summed E-state index contributed by atoms with van der Waals surface area (Å²) in [5.74, 6) is -0.261. The molecule has 1 aromatic heterocycles. The van der Waals surface area contributed by atoms with Crippen LogP contribution in [0, 0.1) is 11.7 Å². The summed E-state index contributed by atoms with van der Waals surface area (Å²) in [6, 6.07) is 12.6. The van der Waals surface area contributed by atoms with Crippen molar-refractivity contribution in [3.05, 3.63) is 53.8 Å². The monoisotopic (exact) mass is 383 g/mol. The molecule has 27 heavy (non-hydrogen) atoms.